The van der Waals surface area contributed by atoms with Crippen LogP contribution in [0.15, 0.2) is 24.3 Å². The summed E-state index contributed by atoms with van der Waals surface area (Å²) in [5.74, 6) is -0.341. The fourth-order valence-corrected chi connectivity index (χ4v) is 1.16. The van der Waals surface area contributed by atoms with Crippen molar-refractivity contribution in [2.24, 2.45) is 0 Å². The molecule has 0 bridgehead atoms. The van der Waals surface area contributed by atoms with E-state index in [4.69, 9.17) is 15.6 Å². The maximum Gasteiger partial charge on any atom is 0.255 e. The lowest BCUT2D eigenvalue weighted by molar-refractivity contribution is 0.0794. The SMILES string of the molecule is N#CCN(CC#N)C(=O)c1ccc(O)cc1. The number of phenolic OH excluding ortho intramolecular Hbond substituents is 1. The van der Waals surface area contributed by atoms with Crippen LogP contribution >= 0.6 is 0 Å². The van der Waals surface area contributed by atoms with Gasteiger partial charge in [-0.1, -0.05) is 0 Å². The van der Waals surface area contributed by atoms with Gasteiger partial charge in [0.1, 0.15) is 18.8 Å². The van der Waals surface area contributed by atoms with Crippen molar-refractivity contribution < 1.29 is 9.90 Å². The number of hydrogen-bond donors (Lipinski definition) is 1. The Labute approximate surface area is 92.8 Å². The normalized spacial score (nSPS) is 8.88. The zero-order chi connectivity index (χ0) is 12.0. The molecule has 0 aliphatic carbocycles. The lowest BCUT2D eigenvalue weighted by atomic mass is 10.2. The summed E-state index contributed by atoms with van der Waals surface area (Å²) in [5.41, 5.74) is 0.336. The summed E-state index contributed by atoms with van der Waals surface area (Å²) in [4.78, 5) is 12.9. The number of aromatic hydroxyl groups is 1. The lowest BCUT2D eigenvalue weighted by Crippen LogP contribution is -2.31. The Bertz CT molecular complexity index is 438. The maximum atomic E-state index is 11.8. The van der Waals surface area contributed by atoms with E-state index >= 15 is 0 Å². The van der Waals surface area contributed by atoms with E-state index in [0.717, 1.165) is 4.90 Å². The smallest absolute Gasteiger partial charge is 0.255 e. The third-order valence-electron chi connectivity index (χ3n) is 1.92. The molecule has 0 saturated heterocycles. The maximum absolute atomic E-state index is 11.8. The summed E-state index contributed by atoms with van der Waals surface area (Å²) in [6, 6.07) is 9.28. The van der Waals surface area contributed by atoms with E-state index in [1.54, 1.807) is 0 Å². The highest BCUT2D eigenvalue weighted by atomic mass is 16.3. The molecule has 0 aromatic heterocycles. The highest BCUT2D eigenvalue weighted by Crippen LogP contribution is 2.11. The van der Waals surface area contributed by atoms with E-state index in [1.807, 2.05) is 12.1 Å². The highest BCUT2D eigenvalue weighted by molar-refractivity contribution is 5.94. The minimum Gasteiger partial charge on any atom is -0.508 e. The van der Waals surface area contributed by atoms with Gasteiger partial charge < -0.3 is 10.0 Å². The Kier molecular flexibility index (Phi) is 3.88. The van der Waals surface area contributed by atoms with Crippen molar-refractivity contribution in [1.29, 1.82) is 10.5 Å². The quantitative estimate of drug-likeness (QED) is 0.758. The van der Waals surface area contributed by atoms with E-state index in [-0.39, 0.29) is 18.8 Å². The molecule has 0 aliphatic heterocycles. The first-order valence-electron chi connectivity index (χ1n) is 4.51. The van der Waals surface area contributed by atoms with Gasteiger partial charge in [-0.05, 0) is 24.3 Å². The molecule has 0 atom stereocenters. The minimum atomic E-state index is -0.400. The molecule has 0 fully saturated rings. The first-order valence-corrected chi connectivity index (χ1v) is 4.51. The lowest BCUT2D eigenvalue weighted by Gasteiger charge is -2.15. The number of amides is 1. The van der Waals surface area contributed by atoms with Crippen LogP contribution in [-0.4, -0.2) is 29.0 Å². The molecule has 0 unspecified atom stereocenters. The zero-order valence-electron chi connectivity index (χ0n) is 8.42. The largest absolute Gasteiger partial charge is 0.508 e. The first kappa shape index (κ1) is 11.5. The molecule has 0 saturated carbocycles. The van der Waals surface area contributed by atoms with Crippen molar-refractivity contribution in [1.82, 2.24) is 4.90 Å². The zero-order valence-corrected chi connectivity index (χ0v) is 8.42. The fourth-order valence-electron chi connectivity index (χ4n) is 1.16. The molecule has 1 aromatic carbocycles. The predicted molar refractivity (Wildman–Crippen MR) is 55.2 cm³/mol. The molecular weight excluding hydrogens is 206 g/mol. The molecule has 1 rings (SSSR count). The van der Waals surface area contributed by atoms with Gasteiger partial charge in [-0.15, -0.1) is 0 Å². The molecule has 1 amide bonds. The molecule has 0 aliphatic rings. The summed E-state index contributed by atoms with van der Waals surface area (Å²) in [7, 11) is 0. The number of phenols is 1. The van der Waals surface area contributed by atoms with Crippen LogP contribution in [0.25, 0.3) is 0 Å². The van der Waals surface area contributed by atoms with Gasteiger partial charge in [0.05, 0.1) is 12.1 Å². The minimum absolute atomic E-state index is 0.0590. The third-order valence-corrected chi connectivity index (χ3v) is 1.92. The predicted octanol–water partition coefficient (Wildman–Crippen LogP) is 0.882. The van der Waals surface area contributed by atoms with Crippen LogP contribution in [0.3, 0.4) is 0 Å². The molecule has 0 radical (unpaired) electrons. The Morgan fingerprint density at radius 1 is 1.19 bits per heavy atom. The Morgan fingerprint density at radius 3 is 2.12 bits per heavy atom. The standard InChI is InChI=1S/C11H9N3O2/c12-5-7-14(8-6-13)11(16)9-1-3-10(15)4-2-9/h1-4,15H,7-8H2. The van der Waals surface area contributed by atoms with E-state index < -0.39 is 5.91 Å². The van der Waals surface area contributed by atoms with Crippen molar-refractivity contribution in [2.45, 2.75) is 0 Å². The summed E-state index contributed by atoms with van der Waals surface area (Å²) in [6.45, 7) is -0.263. The number of hydrogen-bond acceptors (Lipinski definition) is 4. The Balaban J connectivity index is 2.87. The van der Waals surface area contributed by atoms with Crippen LogP contribution in [0.2, 0.25) is 0 Å². The Morgan fingerprint density at radius 2 is 1.69 bits per heavy atom. The van der Waals surface area contributed by atoms with Gasteiger partial charge in [-0.2, -0.15) is 10.5 Å². The van der Waals surface area contributed by atoms with Crippen LogP contribution in [0, 0.1) is 22.7 Å². The van der Waals surface area contributed by atoms with Crippen molar-refractivity contribution in [3.8, 4) is 17.9 Å². The van der Waals surface area contributed by atoms with Crippen molar-refractivity contribution in [3.05, 3.63) is 29.8 Å². The van der Waals surface area contributed by atoms with Crippen molar-refractivity contribution in [2.75, 3.05) is 13.1 Å². The van der Waals surface area contributed by atoms with Crippen LogP contribution in [0.1, 0.15) is 10.4 Å². The van der Waals surface area contributed by atoms with Crippen LogP contribution < -0.4 is 0 Å². The number of nitrogens with zero attached hydrogens (tertiary/aromatic N) is 3. The fraction of sp³-hybridized carbons (Fsp3) is 0.182. The molecule has 0 spiro atoms. The van der Waals surface area contributed by atoms with Gasteiger partial charge in [0.15, 0.2) is 0 Å². The molecular formula is C11H9N3O2. The molecule has 5 heteroatoms. The molecule has 80 valence electrons. The summed E-state index contributed by atoms with van der Waals surface area (Å²) in [6.07, 6.45) is 0. The molecule has 5 nitrogen and oxygen atoms in total. The molecule has 16 heavy (non-hydrogen) atoms. The topological polar surface area (TPSA) is 88.1 Å². The summed E-state index contributed by atoms with van der Waals surface area (Å²) >= 11 is 0. The summed E-state index contributed by atoms with van der Waals surface area (Å²) in [5, 5.41) is 26.1. The van der Waals surface area contributed by atoms with Crippen LogP contribution in [0.4, 0.5) is 0 Å². The average Bonchev–Trinajstić information content (AvgIpc) is 2.29. The van der Waals surface area contributed by atoms with E-state index in [2.05, 4.69) is 0 Å². The molecule has 0 heterocycles. The van der Waals surface area contributed by atoms with Gasteiger partial charge in [-0.25, -0.2) is 0 Å². The number of carbonyl (C=O) groups is 1. The van der Waals surface area contributed by atoms with Gasteiger partial charge in [0, 0.05) is 5.56 Å². The second kappa shape index (κ2) is 5.38. The molecule has 1 aromatic rings. The van der Waals surface area contributed by atoms with Crippen LogP contribution in [-0.2, 0) is 0 Å². The number of benzene rings is 1. The number of nitriles is 2. The second-order valence-corrected chi connectivity index (χ2v) is 3.02. The van der Waals surface area contributed by atoms with E-state index in [0.29, 0.717) is 5.56 Å². The first-order chi connectivity index (χ1) is 7.69. The average molecular weight is 215 g/mol. The van der Waals surface area contributed by atoms with Gasteiger partial charge in [0.25, 0.3) is 5.91 Å². The second-order valence-electron chi connectivity index (χ2n) is 3.02. The monoisotopic (exact) mass is 215 g/mol. The third kappa shape index (κ3) is 2.73. The number of rotatable bonds is 3. The van der Waals surface area contributed by atoms with Crippen molar-refractivity contribution in [3.63, 3.8) is 0 Å². The van der Waals surface area contributed by atoms with Crippen LogP contribution in [0.5, 0.6) is 5.75 Å². The van der Waals surface area contributed by atoms with E-state index in [9.17, 15) is 4.79 Å². The van der Waals surface area contributed by atoms with Gasteiger partial charge >= 0.3 is 0 Å². The Hall–Kier alpha value is -2.53. The van der Waals surface area contributed by atoms with Gasteiger partial charge in [-0.3, -0.25) is 4.79 Å². The molecule has 1 N–H and O–H groups in total. The highest BCUT2D eigenvalue weighted by Gasteiger charge is 2.14. The number of carbonyl (C=O) groups excluding carboxylic acids is 1. The van der Waals surface area contributed by atoms with E-state index in [1.165, 1.54) is 24.3 Å². The van der Waals surface area contributed by atoms with Gasteiger partial charge in [0.2, 0.25) is 0 Å². The summed E-state index contributed by atoms with van der Waals surface area (Å²) < 4.78 is 0. The van der Waals surface area contributed by atoms with Crippen molar-refractivity contribution >= 4 is 5.91 Å².